The quantitative estimate of drug-likeness (QED) is 0.727. The SMILES string of the molecule is Cc1cc(OC(C)C(=O)NCC(C(=O)O)C2CCOCC2)ccc1C(C)C. The number of benzene rings is 1. The number of hydrogen-bond acceptors (Lipinski definition) is 4. The van der Waals surface area contributed by atoms with Gasteiger partial charge in [-0.1, -0.05) is 19.9 Å². The molecule has 1 aromatic carbocycles. The molecule has 1 heterocycles. The Morgan fingerprint density at radius 3 is 2.48 bits per heavy atom. The maximum atomic E-state index is 12.4. The van der Waals surface area contributed by atoms with E-state index in [-0.39, 0.29) is 18.4 Å². The van der Waals surface area contributed by atoms with Crippen molar-refractivity contribution in [2.75, 3.05) is 19.8 Å². The Hall–Kier alpha value is -2.08. The maximum Gasteiger partial charge on any atom is 0.308 e. The smallest absolute Gasteiger partial charge is 0.308 e. The molecule has 0 aromatic heterocycles. The normalized spacial score (nSPS) is 17.4. The van der Waals surface area contributed by atoms with Crippen molar-refractivity contribution in [2.45, 2.75) is 52.6 Å². The van der Waals surface area contributed by atoms with Crippen LogP contribution in [0.15, 0.2) is 18.2 Å². The minimum absolute atomic E-state index is 0.0269. The zero-order valence-corrected chi connectivity index (χ0v) is 16.7. The number of rotatable bonds is 8. The van der Waals surface area contributed by atoms with E-state index in [1.165, 1.54) is 5.56 Å². The lowest BCUT2D eigenvalue weighted by atomic mass is 9.86. The topological polar surface area (TPSA) is 84.9 Å². The third-order valence-electron chi connectivity index (χ3n) is 5.19. The highest BCUT2D eigenvalue weighted by Gasteiger charge is 2.30. The molecule has 0 saturated carbocycles. The van der Waals surface area contributed by atoms with E-state index >= 15 is 0 Å². The monoisotopic (exact) mass is 377 g/mol. The lowest BCUT2D eigenvalue weighted by Gasteiger charge is -2.28. The lowest BCUT2D eigenvalue weighted by Crippen LogP contribution is -2.43. The van der Waals surface area contributed by atoms with Crippen LogP contribution in [0.2, 0.25) is 0 Å². The van der Waals surface area contributed by atoms with Crippen LogP contribution in [0.1, 0.15) is 50.7 Å². The van der Waals surface area contributed by atoms with Gasteiger partial charge in [0.15, 0.2) is 6.10 Å². The molecule has 0 spiro atoms. The summed E-state index contributed by atoms with van der Waals surface area (Å²) >= 11 is 0. The van der Waals surface area contributed by atoms with Crippen molar-refractivity contribution in [3.8, 4) is 5.75 Å². The van der Waals surface area contributed by atoms with Crippen molar-refractivity contribution in [3.05, 3.63) is 29.3 Å². The van der Waals surface area contributed by atoms with Crippen molar-refractivity contribution in [1.29, 1.82) is 0 Å². The van der Waals surface area contributed by atoms with Gasteiger partial charge in [0, 0.05) is 19.8 Å². The number of carboxylic acid groups (broad SMARTS) is 1. The molecule has 0 bridgehead atoms. The first kappa shape index (κ1) is 21.2. The molecule has 1 fully saturated rings. The van der Waals surface area contributed by atoms with Crippen molar-refractivity contribution in [1.82, 2.24) is 5.32 Å². The third-order valence-corrected chi connectivity index (χ3v) is 5.19. The van der Waals surface area contributed by atoms with Gasteiger partial charge in [-0.15, -0.1) is 0 Å². The highest BCUT2D eigenvalue weighted by Crippen LogP contribution is 2.25. The summed E-state index contributed by atoms with van der Waals surface area (Å²) in [7, 11) is 0. The number of amides is 1. The second kappa shape index (κ2) is 9.74. The number of nitrogens with one attached hydrogen (secondary N) is 1. The number of aryl methyl sites for hydroxylation is 1. The van der Waals surface area contributed by atoms with Crippen LogP contribution in [0.5, 0.6) is 5.75 Å². The molecule has 6 nitrogen and oxygen atoms in total. The zero-order chi connectivity index (χ0) is 20.0. The van der Waals surface area contributed by atoms with Gasteiger partial charge in [0.25, 0.3) is 5.91 Å². The third kappa shape index (κ3) is 5.96. The molecule has 0 radical (unpaired) electrons. The fourth-order valence-electron chi connectivity index (χ4n) is 3.56. The van der Waals surface area contributed by atoms with E-state index in [0.29, 0.717) is 37.7 Å². The molecule has 2 N–H and O–H groups in total. The highest BCUT2D eigenvalue weighted by molar-refractivity contribution is 5.81. The summed E-state index contributed by atoms with van der Waals surface area (Å²) < 4.78 is 11.0. The van der Waals surface area contributed by atoms with Crippen LogP contribution in [-0.2, 0) is 14.3 Å². The van der Waals surface area contributed by atoms with E-state index in [2.05, 4.69) is 19.2 Å². The van der Waals surface area contributed by atoms with Crippen LogP contribution in [0, 0.1) is 18.8 Å². The van der Waals surface area contributed by atoms with Crippen LogP contribution in [0.4, 0.5) is 0 Å². The average Bonchev–Trinajstić information content (AvgIpc) is 2.62. The van der Waals surface area contributed by atoms with Gasteiger partial charge < -0.3 is 19.9 Å². The molecule has 1 aliphatic heterocycles. The largest absolute Gasteiger partial charge is 0.481 e. The Morgan fingerprint density at radius 1 is 1.26 bits per heavy atom. The second-order valence-electron chi connectivity index (χ2n) is 7.57. The van der Waals surface area contributed by atoms with Gasteiger partial charge in [0.05, 0.1) is 5.92 Å². The molecule has 1 aliphatic rings. The van der Waals surface area contributed by atoms with E-state index in [9.17, 15) is 14.7 Å². The number of carboxylic acids is 1. The second-order valence-corrected chi connectivity index (χ2v) is 7.57. The van der Waals surface area contributed by atoms with Crippen LogP contribution in [0.3, 0.4) is 0 Å². The summed E-state index contributed by atoms with van der Waals surface area (Å²) in [6.45, 7) is 9.23. The fourth-order valence-corrected chi connectivity index (χ4v) is 3.56. The molecule has 0 aliphatic carbocycles. The number of aliphatic carboxylic acids is 1. The Labute approximate surface area is 161 Å². The lowest BCUT2D eigenvalue weighted by molar-refractivity contribution is -0.145. The molecular weight excluding hydrogens is 346 g/mol. The molecule has 2 unspecified atom stereocenters. The predicted molar refractivity (Wildman–Crippen MR) is 103 cm³/mol. The van der Waals surface area contributed by atoms with Crippen LogP contribution in [0.25, 0.3) is 0 Å². The van der Waals surface area contributed by atoms with Crippen molar-refractivity contribution in [2.24, 2.45) is 11.8 Å². The number of hydrogen-bond donors (Lipinski definition) is 2. The van der Waals surface area contributed by atoms with E-state index in [4.69, 9.17) is 9.47 Å². The summed E-state index contributed by atoms with van der Waals surface area (Å²) in [5.74, 6) is -0.692. The Kier molecular flexibility index (Phi) is 7.66. The van der Waals surface area contributed by atoms with Crippen LogP contribution >= 0.6 is 0 Å². The minimum Gasteiger partial charge on any atom is -0.481 e. The molecule has 6 heteroatoms. The Bertz CT molecular complexity index is 652. The van der Waals surface area contributed by atoms with Crippen molar-refractivity contribution < 1.29 is 24.2 Å². The van der Waals surface area contributed by atoms with E-state index in [1.54, 1.807) is 6.92 Å². The summed E-state index contributed by atoms with van der Waals surface area (Å²) in [5.41, 5.74) is 2.38. The fraction of sp³-hybridized carbons (Fsp3) is 0.619. The molecule has 1 aromatic rings. The van der Waals surface area contributed by atoms with Gasteiger partial charge in [0.2, 0.25) is 0 Å². The Balaban J connectivity index is 1.90. The van der Waals surface area contributed by atoms with Gasteiger partial charge in [-0.3, -0.25) is 9.59 Å². The van der Waals surface area contributed by atoms with E-state index < -0.39 is 18.0 Å². The van der Waals surface area contributed by atoms with Gasteiger partial charge in [0.1, 0.15) is 5.75 Å². The van der Waals surface area contributed by atoms with E-state index in [0.717, 1.165) is 5.56 Å². The van der Waals surface area contributed by atoms with Crippen molar-refractivity contribution in [3.63, 3.8) is 0 Å². The molecule has 1 amide bonds. The summed E-state index contributed by atoms with van der Waals surface area (Å²) in [6.07, 6.45) is 0.722. The minimum atomic E-state index is -0.879. The molecule has 150 valence electrons. The number of carbonyl (C=O) groups excluding carboxylic acids is 1. The van der Waals surface area contributed by atoms with Crippen LogP contribution in [-0.4, -0.2) is 42.8 Å². The maximum absolute atomic E-state index is 12.4. The van der Waals surface area contributed by atoms with Gasteiger partial charge in [-0.2, -0.15) is 0 Å². The van der Waals surface area contributed by atoms with Gasteiger partial charge in [-0.05, 0) is 61.8 Å². The molecule has 27 heavy (non-hydrogen) atoms. The van der Waals surface area contributed by atoms with Gasteiger partial charge in [-0.25, -0.2) is 0 Å². The molecular formula is C21H31NO5. The first-order valence-corrected chi connectivity index (χ1v) is 9.65. The first-order chi connectivity index (χ1) is 12.8. The Morgan fingerprint density at radius 2 is 1.93 bits per heavy atom. The molecule has 2 atom stereocenters. The number of ether oxygens (including phenoxy) is 2. The van der Waals surface area contributed by atoms with Gasteiger partial charge >= 0.3 is 5.97 Å². The first-order valence-electron chi connectivity index (χ1n) is 9.65. The van der Waals surface area contributed by atoms with Crippen LogP contribution < -0.4 is 10.1 Å². The molecule has 2 rings (SSSR count). The summed E-state index contributed by atoms with van der Waals surface area (Å²) in [5, 5.41) is 12.2. The summed E-state index contributed by atoms with van der Waals surface area (Å²) in [4.78, 5) is 23.9. The van der Waals surface area contributed by atoms with E-state index in [1.807, 2.05) is 25.1 Å². The standard InChI is InChI=1S/C21H31NO5/c1-13(2)18-6-5-17(11-14(18)3)27-15(4)20(23)22-12-19(21(24)25)16-7-9-26-10-8-16/h5-6,11,13,15-16,19H,7-10,12H2,1-4H3,(H,22,23)(H,24,25). The zero-order valence-electron chi connectivity index (χ0n) is 16.7. The van der Waals surface area contributed by atoms with Crippen molar-refractivity contribution >= 4 is 11.9 Å². The highest BCUT2D eigenvalue weighted by atomic mass is 16.5. The number of carbonyl (C=O) groups is 2. The molecule has 1 saturated heterocycles. The predicted octanol–water partition coefficient (Wildman–Crippen LogP) is 3.13. The summed E-state index contributed by atoms with van der Waals surface area (Å²) in [6, 6.07) is 5.82. The average molecular weight is 377 g/mol.